The predicted molar refractivity (Wildman–Crippen MR) is 46.4 cm³/mol. The lowest BCUT2D eigenvalue weighted by Crippen LogP contribution is -1.98. The van der Waals surface area contributed by atoms with E-state index in [0.717, 1.165) is 0 Å². The van der Waals surface area contributed by atoms with Gasteiger partial charge in [-0.15, -0.1) is 4.52 Å². The van der Waals surface area contributed by atoms with Crippen LogP contribution in [0, 0.1) is 0 Å². The molecule has 1 atom stereocenters. The highest BCUT2D eigenvalue weighted by molar-refractivity contribution is 7.40. The maximum atomic E-state index is 10.4. The number of hydrogen-bond donors (Lipinski definition) is 1. The zero-order valence-corrected chi connectivity index (χ0v) is 9.09. The molecule has 0 saturated carbocycles. The minimum absolute atomic E-state index is 0.252. The molecule has 76 valence electrons. The predicted octanol–water partition coefficient (Wildman–Crippen LogP) is 1.69. The van der Waals surface area contributed by atoms with Gasteiger partial charge in [-0.05, 0) is 11.5 Å². The molecular weight excluding hydrogens is 218 g/mol. The fourth-order valence-corrected chi connectivity index (χ4v) is 0.900. The third-order valence-corrected chi connectivity index (χ3v) is 1.84. The minimum atomic E-state index is -1.97. The molecule has 1 unspecified atom stereocenters. The van der Waals surface area contributed by atoms with Gasteiger partial charge in [0.1, 0.15) is 0 Å². The lowest BCUT2D eigenvalue weighted by molar-refractivity contribution is -0.134. The number of aliphatic carboxylic acids is 1. The zero-order valence-electron chi connectivity index (χ0n) is 7.30. The zero-order chi connectivity index (χ0) is 10.7. The average molecular weight is 229 g/mol. The van der Waals surface area contributed by atoms with Crippen molar-refractivity contribution in [1.29, 1.82) is 0 Å². The maximum Gasteiger partial charge on any atom is 0.520 e. The fourth-order valence-electron chi connectivity index (χ4n) is 0.300. The second kappa shape index (κ2) is 11.6. The minimum Gasteiger partial charge on any atom is -0.478 e. The lowest BCUT2D eigenvalue weighted by atomic mass is 10.8. The Hall–Kier alpha value is -0.410. The van der Waals surface area contributed by atoms with E-state index >= 15 is 0 Å². The molecule has 8 heteroatoms. The van der Waals surface area contributed by atoms with Gasteiger partial charge in [-0.3, -0.25) is 4.52 Å². The normalized spacial score (nSPS) is 10.2. The molecule has 13 heavy (non-hydrogen) atoms. The Morgan fingerprint density at radius 1 is 1.62 bits per heavy atom. The number of rotatable bonds is 5. The van der Waals surface area contributed by atoms with Gasteiger partial charge in [0, 0.05) is 7.11 Å². The molecule has 1 N–H and O–H groups in total. The van der Waals surface area contributed by atoms with E-state index in [4.69, 9.17) is 9.67 Å². The first-order valence-electron chi connectivity index (χ1n) is 3.23. The van der Waals surface area contributed by atoms with Crippen molar-refractivity contribution in [2.75, 3.05) is 19.9 Å². The van der Waals surface area contributed by atoms with Crippen LogP contribution in [-0.2, 0) is 23.0 Å². The van der Waals surface area contributed by atoms with Crippen molar-refractivity contribution in [3.63, 3.8) is 0 Å². The number of carboxylic acids is 1. The van der Waals surface area contributed by atoms with E-state index < -0.39 is 20.2 Å². The van der Waals surface area contributed by atoms with Gasteiger partial charge in [-0.2, -0.15) is 0 Å². The highest BCUT2D eigenvalue weighted by Crippen LogP contribution is 2.20. The molecule has 0 spiro atoms. The summed E-state index contributed by atoms with van der Waals surface area (Å²) in [5, 5.41) is 8.05. The molecule has 6 nitrogen and oxygen atoms in total. The standard InChI is InChI=1S/C4H7O4P.CH3O2P/c1-2-8-9(7)3-4(5)6;1-3-4-2/h2-3H2,1H3;1H3/p+1. The summed E-state index contributed by atoms with van der Waals surface area (Å²) in [6.07, 6.45) is -0.400. The van der Waals surface area contributed by atoms with Crippen LogP contribution in [0.2, 0.25) is 0 Å². The van der Waals surface area contributed by atoms with Gasteiger partial charge in [0.25, 0.3) is 6.16 Å². The van der Waals surface area contributed by atoms with Crippen molar-refractivity contribution in [3.05, 3.63) is 0 Å². The Bertz CT molecular complexity index is 170. The summed E-state index contributed by atoms with van der Waals surface area (Å²) in [5.41, 5.74) is 0. The van der Waals surface area contributed by atoms with Crippen LogP contribution in [0.1, 0.15) is 6.92 Å². The summed E-state index contributed by atoms with van der Waals surface area (Å²) >= 11 is 0. The molecule has 0 saturated heterocycles. The van der Waals surface area contributed by atoms with E-state index in [1.54, 1.807) is 6.92 Å². The SMILES string of the molecule is CCO[P+](=O)CC(=O)O.COP=O. The first kappa shape index (κ1) is 15.1. The molecular formula is C5H11O6P2+. The van der Waals surface area contributed by atoms with Crippen molar-refractivity contribution >= 4 is 22.7 Å². The Morgan fingerprint density at radius 3 is 2.31 bits per heavy atom. The molecule has 0 aliphatic carbocycles. The van der Waals surface area contributed by atoms with E-state index in [-0.39, 0.29) is 8.69 Å². The van der Waals surface area contributed by atoms with Crippen LogP contribution in [0.4, 0.5) is 0 Å². The molecule has 0 aliphatic rings. The molecule has 0 rings (SSSR count). The van der Waals surface area contributed by atoms with Gasteiger partial charge in [0.05, 0.1) is 6.61 Å². The van der Waals surface area contributed by atoms with Crippen LogP contribution in [0.3, 0.4) is 0 Å². The molecule has 0 aliphatic heterocycles. The van der Waals surface area contributed by atoms with Crippen molar-refractivity contribution in [1.82, 2.24) is 0 Å². The van der Waals surface area contributed by atoms with Gasteiger partial charge in [0.2, 0.25) is 0 Å². The number of hydrogen-bond acceptors (Lipinski definition) is 5. The van der Waals surface area contributed by atoms with Crippen LogP contribution in [0.15, 0.2) is 0 Å². The van der Waals surface area contributed by atoms with E-state index in [9.17, 15) is 9.36 Å². The van der Waals surface area contributed by atoms with Crippen LogP contribution in [-0.4, -0.2) is 31.0 Å². The molecule has 0 bridgehead atoms. The molecule has 0 heterocycles. The summed E-state index contributed by atoms with van der Waals surface area (Å²) in [6.45, 7) is 1.96. The van der Waals surface area contributed by atoms with E-state index in [1.807, 2.05) is 0 Å². The van der Waals surface area contributed by atoms with E-state index in [1.165, 1.54) is 7.11 Å². The average Bonchev–Trinajstić information content (AvgIpc) is 2.04. The number of carboxylic acid groups (broad SMARTS) is 1. The van der Waals surface area contributed by atoms with Crippen molar-refractivity contribution in [2.45, 2.75) is 6.92 Å². The Morgan fingerprint density at radius 2 is 2.08 bits per heavy atom. The van der Waals surface area contributed by atoms with Crippen molar-refractivity contribution < 1.29 is 28.1 Å². The summed E-state index contributed by atoms with van der Waals surface area (Å²) < 4.78 is 27.9. The van der Waals surface area contributed by atoms with Crippen LogP contribution >= 0.6 is 16.7 Å². The molecule has 0 amide bonds. The lowest BCUT2D eigenvalue weighted by Gasteiger charge is -1.79. The third kappa shape index (κ3) is 18.5. The smallest absolute Gasteiger partial charge is 0.478 e. The monoisotopic (exact) mass is 229 g/mol. The highest BCUT2D eigenvalue weighted by atomic mass is 31.1. The van der Waals surface area contributed by atoms with Gasteiger partial charge < -0.3 is 5.11 Å². The Labute approximate surface area is 78.4 Å². The highest BCUT2D eigenvalue weighted by Gasteiger charge is 2.20. The van der Waals surface area contributed by atoms with Crippen LogP contribution in [0.25, 0.3) is 0 Å². The maximum absolute atomic E-state index is 10.4. The van der Waals surface area contributed by atoms with E-state index in [2.05, 4.69) is 9.05 Å². The van der Waals surface area contributed by atoms with Crippen molar-refractivity contribution in [2.24, 2.45) is 0 Å². The third-order valence-electron chi connectivity index (χ3n) is 0.612. The summed E-state index contributed by atoms with van der Waals surface area (Å²) in [4.78, 5) is 9.82. The van der Waals surface area contributed by atoms with Gasteiger partial charge in [0.15, 0.2) is 0 Å². The number of carbonyl (C=O) groups is 1. The summed E-state index contributed by atoms with van der Waals surface area (Å²) in [5.74, 6) is -1.09. The fraction of sp³-hybridized carbons (Fsp3) is 0.800. The van der Waals surface area contributed by atoms with Crippen LogP contribution in [0.5, 0.6) is 0 Å². The molecule has 0 aromatic heterocycles. The molecule has 0 radical (unpaired) electrons. The van der Waals surface area contributed by atoms with Crippen molar-refractivity contribution in [3.8, 4) is 0 Å². The topological polar surface area (TPSA) is 89.9 Å². The van der Waals surface area contributed by atoms with Gasteiger partial charge in [-0.25, -0.2) is 9.36 Å². The second-order valence-electron chi connectivity index (χ2n) is 1.56. The summed E-state index contributed by atoms with van der Waals surface area (Å²) in [7, 11) is -0.865. The first-order valence-corrected chi connectivity index (χ1v) is 5.32. The Kier molecular flexibility index (Phi) is 13.4. The van der Waals surface area contributed by atoms with Crippen LogP contribution < -0.4 is 0 Å². The largest absolute Gasteiger partial charge is 0.520 e. The molecule has 0 aromatic rings. The van der Waals surface area contributed by atoms with Gasteiger partial charge in [-0.1, -0.05) is 0 Å². The van der Waals surface area contributed by atoms with E-state index in [0.29, 0.717) is 6.61 Å². The van der Waals surface area contributed by atoms with Gasteiger partial charge >= 0.3 is 22.7 Å². The second-order valence-corrected chi connectivity index (χ2v) is 3.31. The first-order chi connectivity index (χ1) is 6.08. The Balaban J connectivity index is 0. The quantitative estimate of drug-likeness (QED) is 0.721. The molecule has 0 fully saturated rings. The molecule has 0 aromatic carbocycles. The summed E-state index contributed by atoms with van der Waals surface area (Å²) in [6, 6.07) is 0.